The van der Waals surface area contributed by atoms with E-state index in [1.807, 2.05) is 72.2 Å². The molecule has 5 nitrogen and oxygen atoms in total. The van der Waals surface area contributed by atoms with E-state index in [4.69, 9.17) is 0 Å². The molecule has 27 heavy (non-hydrogen) atoms. The van der Waals surface area contributed by atoms with Crippen LogP contribution in [0.4, 0.5) is 16.2 Å². The molecule has 0 aliphatic carbocycles. The predicted molar refractivity (Wildman–Crippen MR) is 107 cm³/mol. The third-order valence-electron chi connectivity index (χ3n) is 5.63. The van der Waals surface area contributed by atoms with Crippen LogP contribution in [0.15, 0.2) is 48.5 Å². The SMILES string of the molecule is Cc1cccc(NC(=O)N2CC[C@]3(CC(=O)N(c4cccc(C)c4)C3)C2)c1. The van der Waals surface area contributed by atoms with Crippen LogP contribution < -0.4 is 10.2 Å². The molecule has 3 amide bonds. The Bertz CT molecular complexity index is 895. The minimum Gasteiger partial charge on any atom is -0.324 e. The quantitative estimate of drug-likeness (QED) is 0.878. The molecule has 5 heteroatoms. The van der Waals surface area contributed by atoms with Crippen molar-refractivity contribution >= 4 is 23.3 Å². The predicted octanol–water partition coefficient (Wildman–Crippen LogP) is 3.96. The van der Waals surface area contributed by atoms with E-state index in [0.29, 0.717) is 26.1 Å². The first-order chi connectivity index (χ1) is 12.9. The van der Waals surface area contributed by atoms with E-state index in [0.717, 1.165) is 28.9 Å². The third-order valence-corrected chi connectivity index (χ3v) is 5.63. The standard InChI is InChI=1S/C22H25N3O2/c1-16-5-3-7-18(11-16)23-21(27)24-10-9-22(14-24)13-20(26)25(15-22)19-8-4-6-17(2)12-19/h3-8,11-12H,9-10,13-15H2,1-2H3,(H,23,27)/t22-/m0/s1. The third kappa shape index (κ3) is 3.54. The van der Waals surface area contributed by atoms with Crippen LogP contribution in [0.25, 0.3) is 0 Å². The summed E-state index contributed by atoms with van der Waals surface area (Å²) in [5, 5.41) is 2.98. The summed E-state index contributed by atoms with van der Waals surface area (Å²) in [7, 11) is 0. The highest BCUT2D eigenvalue weighted by Gasteiger charge is 2.48. The van der Waals surface area contributed by atoms with Crippen LogP contribution in [0.1, 0.15) is 24.0 Å². The van der Waals surface area contributed by atoms with Gasteiger partial charge in [-0.15, -0.1) is 0 Å². The molecule has 0 unspecified atom stereocenters. The van der Waals surface area contributed by atoms with Gasteiger partial charge in [-0.05, 0) is 55.7 Å². The van der Waals surface area contributed by atoms with Gasteiger partial charge in [-0.25, -0.2) is 4.79 Å². The summed E-state index contributed by atoms with van der Waals surface area (Å²) < 4.78 is 0. The number of hydrogen-bond acceptors (Lipinski definition) is 2. The number of benzene rings is 2. The molecule has 2 saturated heterocycles. The lowest BCUT2D eigenvalue weighted by Gasteiger charge is -2.24. The number of anilines is 2. The number of rotatable bonds is 2. The molecule has 2 aromatic rings. The molecule has 2 aliphatic rings. The number of hydrogen-bond donors (Lipinski definition) is 1. The van der Waals surface area contributed by atoms with E-state index in [1.165, 1.54) is 0 Å². The first kappa shape index (κ1) is 17.6. The summed E-state index contributed by atoms with van der Waals surface area (Å²) in [4.78, 5) is 29.0. The highest BCUT2D eigenvalue weighted by atomic mass is 16.2. The van der Waals surface area contributed by atoms with E-state index >= 15 is 0 Å². The monoisotopic (exact) mass is 363 g/mol. The number of nitrogens with one attached hydrogen (secondary N) is 1. The zero-order valence-corrected chi connectivity index (χ0v) is 15.9. The van der Waals surface area contributed by atoms with Gasteiger partial charge in [0.05, 0.1) is 0 Å². The van der Waals surface area contributed by atoms with E-state index < -0.39 is 0 Å². The Balaban J connectivity index is 1.44. The first-order valence-corrected chi connectivity index (χ1v) is 9.44. The first-order valence-electron chi connectivity index (χ1n) is 9.44. The Hall–Kier alpha value is -2.82. The average Bonchev–Trinajstić information content (AvgIpc) is 3.18. The molecule has 140 valence electrons. The number of carbonyl (C=O) groups is 2. The fraction of sp³-hybridized carbons (Fsp3) is 0.364. The maximum atomic E-state index is 12.7. The molecule has 2 heterocycles. The maximum absolute atomic E-state index is 12.7. The van der Waals surface area contributed by atoms with Crippen LogP contribution in [0.3, 0.4) is 0 Å². The molecule has 1 N–H and O–H groups in total. The normalized spacial score (nSPS) is 21.9. The van der Waals surface area contributed by atoms with E-state index in [-0.39, 0.29) is 17.4 Å². The highest BCUT2D eigenvalue weighted by molar-refractivity contribution is 5.97. The topological polar surface area (TPSA) is 52.7 Å². The molecule has 2 aliphatic heterocycles. The molecule has 0 aromatic heterocycles. The second kappa shape index (κ2) is 6.72. The number of urea groups is 1. The molecule has 1 spiro atoms. The number of amides is 3. The van der Waals surface area contributed by atoms with Crippen molar-refractivity contribution < 1.29 is 9.59 Å². The summed E-state index contributed by atoms with van der Waals surface area (Å²) in [6.07, 6.45) is 1.37. The van der Waals surface area contributed by atoms with E-state index in [1.54, 1.807) is 0 Å². The zero-order valence-electron chi connectivity index (χ0n) is 15.9. The van der Waals surface area contributed by atoms with Crippen molar-refractivity contribution in [2.75, 3.05) is 29.9 Å². The Morgan fingerprint density at radius 1 is 1.04 bits per heavy atom. The van der Waals surface area contributed by atoms with Gasteiger partial charge < -0.3 is 15.1 Å². The van der Waals surface area contributed by atoms with Gasteiger partial charge in [-0.2, -0.15) is 0 Å². The summed E-state index contributed by atoms with van der Waals surface area (Å²) in [6.45, 7) is 6.03. The largest absolute Gasteiger partial charge is 0.324 e. The lowest BCUT2D eigenvalue weighted by atomic mass is 9.86. The van der Waals surface area contributed by atoms with Crippen molar-refractivity contribution in [1.29, 1.82) is 0 Å². The summed E-state index contributed by atoms with van der Waals surface area (Å²) in [5.74, 6) is 0.154. The van der Waals surface area contributed by atoms with Crippen molar-refractivity contribution in [2.24, 2.45) is 5.41 Å². The summed E-state index contributed by atoms with van der Waals surface area (Å²) in [5.41, 5.74) is 3.89. The van der Waals surface area contributed by atoms with Gasteiger partial charge in [0.2, 0.25) is 5.91 Å². The Kier molecular flexibility index (Phi) is 4.38. The molecule has 2 aromatic carbocycles. The van der Waals surface area contributed by atoms with Crippen LogP contribution >= 0.6 is 0 Å². The number of likely N-dealkylation sites (tertiary alicyclic amines) is 1. The maximum Gasteiger partial charge on any atom is 0.321 e. The van der Waals surface area contributed by atoms with Crippen LogP contribution in [0, 0.1) is 19.3 Å². The van der Waals surface area contributed by atoms with Crippen molar-refractivity contribution in [1.82, 2.24) is 4.90 Å². The van der Waals surface area contributed by atoms with Gasteiger partial charge in [0.25, 0.3) is 0 Å². The average molecular weight is 363 g/mol. The number of carbonyl (C=O) groups excluding carboxylic acids is 2. The van der Waals surface area contributed by atoms with Gasteiger partial charge in [0.15, 0.2) is 0 Å². The molecular formula is C22H25N3O2. The Morgan fingerprint density at radius 2 is 1.78 bits per heavy atom. The minimum absolute atomic E-state index is 0.0843. The van der Waals surface area contributed by atoms with Crippen LogP contribution in [-0.4, -0.2) is 36.5 Å². The van der Waals surface area contributed by atoms with E-state index in [9.17, 15) is 9.59 Å². The highest BCUT2D eigenvalue weighted by Crippen LogP contribution is 2.42. The van der Waals surface area contributed by atoms with Crippen molar-refractivity contribution in [3.63, 3.8) is 0 Å². The lowest BCUT2D eigenvalue weighted by molar-refractivity contribution is -0.117. The second-order valence-corrected chi connectivity index (χ2v) is 7.97. The van der Waals surface area contributed by atoms with Crippen molar-refractivity contribution in [2.45, 2.75) is 26.7 Å². The molecule has 4 rings (SSSR count). The van der Waals surface area contributed by atoms with Crippen LogP contribution in [-0.2, 0) is 4.79 Å². The smallest absolute Gasteiger partial charge is 0.321 e. The molecule has 0 saturated carbocycles. The minimum atomic E-state index is -0.134. The Morgan fingerprint density at radius 3 is 2.52 bits per heavy atom. The van der Waals surface area contributed by atoms with Gasteiger partial charge >= 0.3 is 6.03 Å². The number of aryl methyl sites for hydroxylation is 2. The summed E-state index contributed by atoms with van der Waals surface area (Å²) >= 11 is 0. The van der Waals surface area contributed by atoms with Gasteiger partial charge in [0, 0.05) is 42.8 Å². The number of nitrogens with zero attached hydrogens (tertiary/aromatic N) is 2. The van der Waals surface area contributed by atoms with Gasteiger partial charge in [-0.3, -0.25) is 4.79 Å². The lowest BCUT2D eigenvalue weighted by Crippen LogP contribution is -2.36. The fourth-order valence-corrected chi connectivity index (χ4v) is 4.23. The van der Waals surface area contributed by atoms with Crippen molar-refractivity contribution in [3.8, 4) is 0 Å². The second-order valence-electron chi connectivity index (χ2n) is 7.97. The fourth-order valence-electron chi connectivity index (χ4n) is 4.23. The summed E-state index contributed by atoms with van der Waals surface area (Å²) in [6, 6.07) is 15.8. The van der Waals surface area contributed by atoms with Crippen LogP contribution in [0.2, 0.25) is 0 Å². The molecule has 0 bridgehead atoms. The van der Waals surface area contributed by atoms with E-state index in [2.05, 4.69) is 5.32 Å². The van der Waals surface area contributed by atoms with Crippen molar-refractivity contribution in [3.05, 3.63) is 59.7 Å². The molecule has 0 radical (unpaired) electrons. The van der Waals surface area contributed by atoms with Crippen LogP contribution in [0.5, 0.6) is 0 Å². The molecule has 2 fully saturated rings. The molecule has 1 atom stereocenters. The zero-order chi connectivity index (χ0) is 19.0. The Labute approximate surface area is 160 Å². The van der Waals surface area contributed by atoms with Gasteiger partial charge in [0.1, 0.15) is 0 Å². The molecular weight excluding hydrogens is 338 g/mol. The van der Waals surface area contributed by atoms with Gasteiger partial charge in [-0.1, -0.05) is 24.3 Å².